The maximum atomic E-state index is 12.2. The normalized spacial score (nSPS) is 20.6. The van der Waals surface area contributed by atoms with Crippen LogP contribution in [0.5, 0.6) is 0 Å². The van der Waals surface area contributed by atoms with Gasteiger partial charge in [0.15, 0.2) is 0 Å². The van der Waals surface area contributed by atoms with Crippen LogP contribution in [0.2, 0.25) is 0 Å². The molecule has 1 saturated heterocycles. The number of carbonyl (C=O) groups excluding carboxylic acids is 3. The lowest BCUT2D eigenvalue weighted by atomic mass is 9.94. The Labute approximate surface area is 188 Å². The molecule has 3 atom stereocenters. The monoisotopic (exact) mass is 498 g/mol. The maximum absolute atomic E-state index is 12.2. The summed E-state index contributed by atoms with van der Waals surface area (Å²) in [6, 6.07) is 0. The first-order chi connectivity index (χ1) is 14.7. The number of nitrogens with zero attached hydrogens (tertiary/aromatic N) is 1. The summed E-state index contributed by atoms with van der Waals surface area (Å²) in [5.74, 6) is -0.777. The van der Waals surface area contributed by atoms with Crippen molar-refractivity contribution < 1.29 is 46.7 Å². The summed E-state index contributed by atoms with van der Waals surface area (Å²) < 4.78 is 35.5. The van der Waals surface area contributed by atoms with E-state index in [1.54, 1.807) is 0 Å². The average molecular weight is 498 g/mol. The zero-order chi connectivity index (χ0) is 24.5. The lowest BCUT2D eigenvalue weighted by Crippen LogP contribution is -2.32. The molecule has 0 saturated carbocycles. The highest BCUT2D eigenvalue weighted by atomic mass is 31.3. The number of carbonyl (C=O) groups is 3. The van der Waals surface area contributed by atoms with E-state index in [1.165, 1.54) is 18.7 Å². The van der Waals surface area contributed by atoms with Gasteiger partial charge in [0.05, 0.1) is 12.7 Å². The lowest BCUT2D eigenvalue weighted by molar-refractivity contribution is -0.245. The molecule has 1 aliphatic rings. The second-order valence-corrected chi connectivity index (χ2v) is 11.0. The molecule has 0 aromatic rings. The molecule has 1 rings (SSSR count). The molecule has 12 nitrogen and oxygen atoms in total. The van der Waals surface area contributed by atoms with Gasteiger partial charge in [0, 0.05) is 31.8 Å². The van der Waals surface area contributed by atoms with E-state index in [0.717, 1.165) is 0 Å². The van der Waals surface area contributed by atoms with Gasteiger partial charge in [-0.3, -0.25) is 28.4 Å². The van der Waals surface area contributed by atoms with Crippen molar-refractivity contribution in [3.63, 3.8) is 0 Å². The molecule has 0 aliphatic carbocycles. The van der Waals surface area contributed by atoms with Crippen molar-refractivity contribution >= 4 is 33.4 Å². The minimum absolute atomic E-state index is 0.115. The number of hydrogen-bond acceptors (Lipinski definition) is 10. The van der Waals surface area contributed by atoms with E-state index in [-0.39, 0.29) is 48.9 Å². The summed E-state index contributed by atoms with van der Waals surface area (Å²) in [4.78, 5) is 60.1. The second-order valence-electron chi connectivity index (χ2n) is 8.06. The van der Waals surface area contributed by atoms with Gasteiger partial charge in [0.1, 0.15) is 0 Å². The summed E-state index contributed by atoms with van der Waals surface area (Å²) in [6.45, 7) is 6.24. The number of phosphoric ester groups is 2. The molecule has 186 valence electrons. The van der Waals surface area contributed by atoms with Crippen LogP contribution in [0.4, 0.5) is 0 Å². The molecular formula is C18H32N2O10P2-2. The Bertz CT molecular complexity index is 758. The van der Waals surface area contributed by atoms with Gasteiger partial charge in [-0.2, -0.15) is 0 Å². The number of phosphoric acid groups is 2. The Morgan fingerprint density at radius 3 is 2.34 bits per heavy atom. The van der Waals surface area contributed by atoms with Gasteiger partial charge in [-0.15, -0.1) is 0 Å². The molecule has 0 aromatic heterocycles. The van der Waals surface area contributed by atoms with Crippen molar-refractivity contribution in [2.45, 2.75) is 65.9 Å². The van der Waals surface area contributed by atoms with Crippen LogP contribution >= 0.6 is 15.6 Å². The van der Waals surface area contributed by atoms with Crippen LogP contribution in [0.15, 0.2) is 0 Å². The Balaban J connectivity index is 2.18. The van der Waals surface area contributed by atoms with E-state index >= 15 is 0 Å². The largest absolute Gasteiger partial charge is 0.756 e. The minimum Gasteiger partial charge on any atom is -0.756 e. The predicted octanol–water partition coefficient (Wildman–Crippen LogP) is 1.09. The summed E-state index contributed by atoms with van der Waals surface area (Å²) >= 11 is 0. The zero-order valence-electron chi connectivity index (χ0n) is 18.8. The number of hydrogen-bond donors (Lipinski definition) is 1. The predicted molar refractivity (Wildman–Crippen MR) is 110 cm³/mol. The van der Waals surface area contributed by atoms with Gasteiger partial charge in [-0.25, -0.2) is 4.31 Å². The van der Waals surface area contributed by atoms with Crippen molar-refractivity contribution in [1.82, 2.24) is 10.2 Å². The fraction of sp³-hybridized carbons (Fsp3) is 0.833. The number of unbranched alkanes of at least 4 members (excludes halogenated alkanes) is 2. The first kappa shape index (κ1) is 28.9. The number of imide groups is 1. The van der Waals surface area contributed by atoms with Crippen molar-refractivity contribution in [3.05, 3.63) is 0 Å². The third-order valence-electron chi connectivity index (χ3n) is 4.58. The quantitative estimate of drug-likeness (QED) is 0.195. The fourth-order valence-corrected chi connectivity index (χ4v) is 5.21. The Morgan fingerprint density at radius 2 is 1.78 bits per heavy atom. The molecule has 3 amide bonds. The van der Waals surface area contributed by atoms with Crippen LogP contribution in [0.1, 0.15) is 59.8 Å². The first-order valence-corrected chi connectivity index (χ1v) is 13.4. The van der Waals surface area contributed by atoms with Gasteiger partial charge < -0.3 is 24.2 Å². The Hall–Kier alpha value is -1.13. The van der Waals surface area contributed by atoms with Crippen molar-refractivity contribution in [2.75, 3.05) is 19.7 Å². The molecule has 3 unspecified atom stereocenters. The summed E-state index contributed by atoms with van der Waals surface area (Å²) in [5, 5.41) is 2.44. The average Bonchev–Trinajstić information content (AvgIpc) is 2.91. The van der Waals surface area contributed by atoms with E-state index in [2.05, 4.69) is 18.7 Å². The van der Waals surface area contributed by atoms with E-state index in [0.29, 0.717) is 25.8 Å². The summed E-state index contributed by atoms with van der Waals surface area (Å²) in [6.07, 6.45) is 1.35. The second kappa shape index (κ2) is 12.9. The Kier molecular flexibility index (Phi) is 11.7. The smallest absolute Gasteiger partial charge is 0.274 e. The lowest BCUT2D eigenvalue weighted by Gasteiger charge is -2.31. The standard InChI is InChI=1S/C18H34N2O10P2/c1-13(2)15-12-17(22)20(18(15)23)10-7-5-6-8-16(21)19-9-11-28-31(24,25)30-32(26,27)29-14(3)4/h13-15H,5-12H2,1-4H3,(H,19,21)(H,24,25)(H,26,27)/p-2. The molecule has 0 radical (unpaired) electrons. The molecular weight excluding hydrogens is 466 g/mol. The number of nitrogens with one attached hydrogen (secondary N) is 1. The number of likely N-dealkylation sites (tertiary alicyclic amines) is 1. The van der Waals surface area contributed by atoms with Crippen molar-refractivity contribution in [3.8, 4) is 0 Å². The van der Waals surface area contributed by atoms with Gasteiger partial charge in [0.2, 0.25) is 17.7 Å². The van der Waals surface area contributed by atoms with Crippen LogP contribution in [-0.2, 0) is 36.9 Å². The molecule has 32 heavy (non-hydrogen) atoms. The first-order valence-electron chi connectivity index (χ1n) is 10.5. The summed E-state index contributed by atoms with van der Waals surface area (Å²) in [5.41, 5.74) is 0. The molecule has 1 aliphatic heterocycles. The molecule has 0 bridgehead atoms. The van der Waals surface area contributed by atoms with Crippen LogP contribution in [-0.4, -0.2) is 48.4 Å². The van der Waals surface area contributed by atoms with Gasteiger partial charge in [-0.1, -0.05) is 20.3 Å². The van der Waals surface area contributed by atoms with Crippen LogP contribution in [0.3, 0.4) is 0 Å². The number of rotatable bonds is 15. The molecule has 1 fully saturated rings. The van der Waals surface area contributed by atoms with Crippen LogP contribution in [0.25, 0.3) is 0 Å². The third-order valence-corrected chi connectivity index (χ3v) is 7.36. The maximum Gasteiger partial charge on any atom is 0.274 e. The number of amides is 3. The summed E-state index contributed by atoms with van der Waals surface area (Å²) in [7, 11) is -10.2. The Morgan fingerprint density at radius 1 is 1.12 bits per heavy atom. The van der Waals surface area contributed by atoms with Crippen molar-refractivity contribution in [2.24, 2.45) is 11.8 Å². The molecule has 1 heterocycles. The van der Waals surface area contributed by atoms with E-state index < -0.39 is 28.4 Å². The van der Waals surface area contributed by atoms with Gasteiger partial charge in [-0.05, 0) is 32.6 Å². The highest BCUT2D eigenvalue weighted by Gasteiger charge is 2.39. The molecule has 14 heteroatoms. The van der Waals surface area contributed by atoms with Crippen LogP contribution in [0, 0.1) is 11.8 Å². The molecule has 0 aromatic carbocycles. The zero-order valence-corrected chi connectivity index (χ0v) is 20.6. The minimum atomic E-state index is -5.15. The SMILES string of the molecule is CC(C)OP(=O)([O-])OP(=O)([O-])OCCNC(=O)CCCCCN1C(=O)CC(C(C)C)C1=O. The third kappa shape index (κ3) is 10.7. The molecule has 1 N–H and O–H groups in total. The van der Waals surface area contributed by atoms with E-state index in [9.17, 15) is 33.3 Å². The van der Waals surface area contributed by atoms with E-state index in [4.69, 9.17) is 0 Å². The van der Waals surface area contributed by atoms with Gasteiger partial charge >= 0.3 is 0 Å². The van der Waals surface area contributed by atoms with Crippen molar-refractivity contribution in [1.29, 1.82) is 0 Å². The van der Waals surface area contributed by atoms with E-state index in [1.807, 2.05) is 13.8 Å². The topological polar surface area (TPSA) is 174 Å². The molecule has 0 spiro atoms. The highest BCUT2D eigenvalue weighted by molar-refractivity contribution is 7.59. The fourth-order valence-electron chi connectivity index (χ4n) is 3.06. The van der Waals surface area contributed by atoms with Crippen LogP contribution < -0.4 is 15.1 Å². The van der Waals surface area contributed by atoms with Gasteiger partial charge in [0.25, 0.3) is 15.6 Å². The highest BCUT2D eigenvalue weighted by Crippen LogP contribution is 2.55.